The molecule has 0 aliphatic carbocycles. The van der Waals surface area contributed by atoms with Crippen molar-refractivity contribution in [3.8, 4) is 0 Å². The Morgan fingerprint density at radius 1 is 1.19 bits per heavy atom. The molecule has 1 aromatic rings. The van der Waals surface area contributed by atoms with E-state index in [2.05, 4.69) is 49.9 Å². The Bertz CT molecular complexity index is 318. The Labute approximate surface area is 99.5 Å². The summed E-state index contributed by atoms with van der Waals surface area (Å²) in [7, 11) is 0. The number of benzene rings is 1. The number of nitrogens with two attached hydrogens (primary N) is 1. The summed E-state index contributed by atoms with van der Waals surface area (Å²) in [6, 6.07) is 8.54. The van der Waals surface area contributed by atoms with Gasteiger partial charge in [0.05, 0.1) is 0 Å². The van der Waals surface area contributed by atoms with Crippen LogP contribution in [0.1, 0.15) is 39.3 Å². The predicted octanol–water partition coefficient (Wildman–Crippen LogP) is 3.19. The summed E-state index contributed by atoms with van der Waals surface area (Å²) in [5, 5.41) is 0. The molecule has 0 radical (unpaired) electrons. The summed E-state index contributed by atoms with van der Waals surface area (Å²) >= 11 is 0. The standard InChI is InChI=1S/C14H24N2/c1-5-16(10-11(2)3)14-9-7-6-8-13(14)12(4)15/h6-9,11-12H,5,10,15H2,1-4H3/t12-/m0/s1. The van der Waals surface area contributed by atoms with Crippen molar-refractivity contribution >= 4 is 5.69 Å². The van der Waals surface area contributed by atoms with Gasteiger partial charge in [0.2, 0.25) is 0 Å². The third-order valence-electron chi connectivity index (χ3n) is 2.74. The first-order valence-electron chi connectivity index (χ1n) is 6.15. The second-order valence-corrected chi connectivity index (χ2v) is 4.78. The molecule has 0 aliphatic heterocycles. The van der Waals surface area contributed by atoms with Gasteiger partial charge in [-0.25, -0.2) is 0 Å². The van der Waals surface area contributed by atoms with E-state index < -0.39 is 0 Å². The maximum atomic E-state index is 6.01. The SMILES string of the molecule is CCN(CC(C)C)c1ccccc1[C@H](C)N. The second-order valence-electron chi connectivity index (χ2n) is 4.78. The van der Waals surface area contributed by atoms with Gasteiger partial charge in [0.1, 0.15) is 0 Å². The van der Waals surface area contributed by atoms with E-state index in [0.29, 0.717) is 5.92 Å². The van der Waals surface area contributed by atoms with Crippen LogP contribution in [0, 0.1) is 5.92 Å². The molecule has 0 saturated heterocycles. The minimum Gasteiger partial charge on any atom is -0.371 e. The number of nitrogens with zero attached hydrogens (tertiary/aromatic N) is 1. The van der Waals surface area contributed by atoms with E-state index in [1.165, 1.54) is 11.3 Å². The van der Waals surface area contributed by atoms with Crippen molar-refractivity contribution in [1.82, 2.24) is 0 Å². The van der Waals surface area contributed by atoms with E-state index in [1.807, 2.05) is 6.92 Å². The van der Waals surface area contributed by atoms with Crippen molar-refractivity contribution in [2.24, 2.45) is 11.7 Å². The highest BCUT2D eigenvalue weighted by molar-refractivity contribution is 5.54. The maximum Gasteiger partial charge on any atom is 0.0414 e. The second kappa shape index (κ2) is 5.90. The minimum absolute atomic E-state index is 0.0948. The van der Waals surface area contributed by atoms with Gasteiger partial charge in [-0.3, -0.25) is 0 Å². The molecule has 2 nitrogen and oxygen atoms in total. The predicted molar refractivity (Wildman–Crippen MR) is 71.8 cm³/mol. The summed E-state index contributed by atoms with van der Waals surface area (Å²) in [6.45, 7) is 10.8. The Morgan fingerprint density at radius 2 is 1.81 bits per heavy atom. The molecule has 0 amide bonds. The first-order valence-corrected chi connectivity index (χ1v) is 6.15. The molecular formula is C14H24N2. The molecule has 1 atom stereocenters. The van der Waals surface area contributed by atoms with Gasteiger partial charge in [0.25, 0.3) is 0 Å². The molecule has 1 rings (SSSR count). The largest absolute Gasteiger partial charge is 0.371 e. The molecular weight excluding hydrogens is 196 g/mol. The van der Waals surface area contributed by atoms with Gasteiger partial charge in [-0.2, -0.15) is 0 Å². The first-order chi connectivity index (χ1) is 7.56. The summed E-state index contributed by atoms with van der Waals surface area (Å²) in [5.74, 6) is 0.668. The highest BCUT2D eigenvalue weighted by atomic mass is 15.1. The lowest BCUT2D eigenvalue weighted by atomic mass is 10.0. The Morgan fingerprint density at radius 3 is 2.31 bits per heavy atom. The van der Waals surface area contributed by atoms with Gasteiger partial charge in [0, 0.05) is 24.8 Å². The Balaban J connectivity index is 2.99. The molecule has 90 valence electrons. The average Bonchev–Trinajstić information content (AvgIpc) is 2.25. The van der Waals surface area contributed by atoms with Crippen LogP contribution >= 0.6 is 0 Å². The lowest BCUT2D eigenvalue weighted by molar-refractivity contribution is 0.615. The van der Waals surface area contributed by atoms with Gasteiger partial charge >= 0.3 is 0 Å². The number of hydrogen-bond donors (Lipinski definition) is 1. The van der Waals surface area contributed by atoms with Crippen LogP contribution in [0.3, 0.4) is 0 Å². The monoisotopic (exact) mass is 220 g/mol. The van der Waals surface area contributed by atoms with Crippen molar-refractivity contribution in [2.45, 2.75) is 33.7 Å². The van der Waals surface area contributed by atoms with Crippen molar-refractivity contribution in [2.75, 3.05) is 18.0 Å². The van der Waals surface area contributed by atoms with Gasteiger partial charge < -0.3 is 10.6 Å². The fourth-order valence-corrected chi connectivity index (χ4v) is 2.00. The van der Waals surface area contributed by atoms with Crippen LogP contribution in [0.25, 0.3) is 0 Å². The van der Waals surface area contributed by atoms with E-state index in [4.69, 9.17) is 5.73 Å². The van der Waals surface area contributed by atoms with Crippen molar-refractivity contribution in [1.29, 1.82) is 0 Å². The third-order valence-corrected chi connectivity index (χ3v) is 2.74. The highest BCUT2D eigenvalue weighted by Gasteiger charge is 2.12. The zero-order valence-corrected chi connectivity index (χ0v) is 10.9. The Kier molecular flexibility index (Phi) is 4.81. The summed E-state index contributed by atoms with van der Waals surface area (Å²) in [4.78, 5) is 2.41. The summed E-state index contributed by atoms with van der Waals surface area (Å²) < 4.78 is 0. The summed E-state index contributed by atoms with van der Waals surface area (Å²) in [6.07, 6.45) is 0. The molecule has 2 N–H and O–H groups in total. The van der Waals surface area contributed by atoms with Gasteiger partial charge in [-0.1, -0.05) is 32.0 Å². The maximum absolute atomic E-state index is 6.01. The van der Waals surface area contributed by atoms with Crippen molar-refractivity contribution in [3.05, 3.63) is 29.8 Å². The molecule has 0 aliphatic rings. The molecule has 0 heterocycles. The molecule has 2 heteroatoms. The molecule has 1 aromatic carbocycles. The number of rotatable bonds is 5. The Hall–Kier alpha value is -1.02. The molecule has 0 fully saturated rings. The quantitative estimate of drug-likeness (QED) is 0.825. The lowest BCUT2D eigenvalue weighted by Crippen LogP contribution is -2.29. The average molecular weight is 220 g/mol. The number of para-hydroxylation sites is 1. The van der Waals surface area contributed by atoms with Gasteiger partial charge in [0.15, 0.2) is 0 Å². The fourth-order valence-electron chi connectivity index (χ4n) is 2.00. The normalized spacial score (nSPS) is 12.9. The summed E-state index contributed by atoms with van der Waals surface area (Å²) in [5.41, 5.74) is 8.54. The first kappa shape index (κ1) is 13.0. The molecule has 0 unspecified atom stereocenters. The minimum atomic E-state index is 0.0948. The number of anilines is 1. The van der Waals surface area contributed by atoms with E-state index in [9.17, 15) is 0 Å². The molecule has 0 spiro atoms. The molecule has 0 aromatic heterocycles. The van der Waals surface area contributed by atoms with E-state index in [1.54, 1.807) is 0 Å². The van der Waals surface area contributed by atoms with E-state index >= 15 is 0 Å². The van der Waals surface area contributed by atoms with Crippen LogP contribution in [0.2, 0.25) is 0 Å². The van der Waals surface area contributed by atoms with Crippen molar-refractivity contribution < 1.29 is 0 Å². The fraction of sp³-hybridized carbons (Fsp3) is 0.571. The van der Waals surface area contributed by atoms with Crippen LogP contribution in [-0.2, 0) is 0 Å². The van der Waals surface area contributed by atoms with Crippen LogP contribution in [0.15, 0.2) is 24.3 Å². The van der Waals surface area contributed by atoms with E-state index in [-0.39, 0.29) is 6.04 Å². The topological polar surface area (TPSA) is 29.3 Å². The van der Waals surface area contributed by atoms with Gasteiger partial charge in [-0.05, 0) is 31.4 Å². The van der Waals surface area contributed by atoms with Gasteiger partial charge in [-0.15, -0.1) is 0 Å². The molecule has 0 bridgehead atoms. The smallest absolute Gasteiger partial charge is 0.0414 e. The zero-order chi connectivity index (χ0) is 12.1. The third kappa shape index (κ3) is 3.24. The molecule has 16 heavy (non-hydrogen) atoms. The van der Waals surface area contributed by atoms with E-state index in [0.717, 1.165) is 13.1 Å². The highest BCUT2D eigenvalue weighted by Crippen LogP contribution is 2.25. The zero-order valence-electron chi connectivity index (χ0n) is 10.9. The van der Waals surface area contributed by atoms with Crippen LogP contribution in [0.4, 0.5) is 5.69 Å². The van der Waals surface area contributed by atoms with Crippen LogP contribution in [0.5, 0.6) is 0 Å². The lowest BCUT2D eigenvalue weighted by Gasteiger charge is -2.28. The van der Waals surface area contributed by atoms with Crippen LogP contribution in [-0.4, -0.2) is 13.1 Å². The van der Waals surface area contributed by atoms with Crippen molar-refractivity contribution in [3.63, 3.8) is 0 Å². The number of hydrogen-bond acceptors (Lipinski definition) is 2. The molecule has 0 saturated carbocycles. The van der Waals surface area contributed by atoms with Crippen LogP contribution < -0.4 is 10.6 Å².